The van der Waals surface area contributed by atoms with E-state index in [4.69, 9.17) is 0 Å². The number of carbonyl (C=O) groups is 2. The second-order valence-corrected chi connectivity index (χ2v) is 5.59. The molecule has 0 fully saturated rings. The zero-order valence-corrected chi connectivity index (χ0v) is 13.1. The van der Waals surface area contributed by atoms with Crippen LogP contribution in [-0.4, -0.2) is 28.3 Å². The molecular formula is C17H18N4O2. The monoisotopic (exact) mass is 310 g/mol. The number of nitrogens with one attached hydrogen (secondary N) is 1. The average Bonchev–Trinajstić information content (AvgIpc) is 2.70. The summed E-state index contributed by atoms with van der Waals surface area (Å²) in [6.07, 6.45) is 7.09. The smallest absolute Gasteiger partial charge is 0.260 e. The third-order valence-corrected chi connectivity index (χ3v) is 4.13. The molecule has 0 bridgehead atoms. The second kappa shape index (κ2) is 6.16. The average molecular weight is 310 g/mol. The zero-order valence-electron chi connectivity index (χ0n) is 13.1. The standard InChI is InChI=1S/C17H18N4O2/c1-3-12-10-21(17(23)13-8-18-6-4-11(13)2)15-9-19-7-5-14(15)20-16(12)22/h4-9,12H,3,10H2,1-2H3,(H,20,22). The van der Waals surface area contributed by atoms with Gasteiger partial charge in [0.25, 0.3) is 5.91 Å². The van der Waals surface area contributed by atoms with E-state index in [0.29, 0.717) is 29.9 Å². The summed E-state index contributed by atoms with van der Waals surface area (Å²) in [5.41, 5.74) is 2.61. The summed E-state index contributed by atoms with van der Waals surface area (Å²) in [6, 6.07) is 3.51. The molecule has 118 valence electrons. The first kappa shape index (κ1) is 15.1. The fourth-order valence-corrected chi connectivity index (χ4v) is 2.68. The van der Waals surface area contributed by atoms with Gasteiger partial charge in [-0.2, -0.15) is 0 Å². The van der Waals surface area contributed by atoms with E-state index in [1.807, 2.05) is 13.8 Å². The van der Waals surface area contributed by atoms with Crippen LogP contribution in [0.15, 0.2) is 36.9 Å². The number of hydrogen-bond acceptors (Lipinski definition) is 4. The maximum absolute atomic E-state index is 13.0. The maximum atomic E-state index is 13.0. The van der Waals surface area contributed by atoms with Crippen molar-refractivity contribution in [3.8, 4) is 0 Å². The zero-order chi connectivity index (χ0) is 16.4. The highest BCUT2D eigenvalue weighted by Crippen LogP contribution is 2.31. The predicted molar refractivity (Wildman–Crippen MR) is 87.3 cm³/mol. The Kier molecular flexibility index (Phi) is 4.06. The van der Waals surface area contributed by atoms with E-state index in [2.05, 4.69) is 15.3 Å². The van der Waals surface area contributed by atoms with Crippen molar-refractivity contribution in [2.45, 2.75) is 20.3 Å². The van der Waals surface area contributed by atoms with Crippen LogP contribution in [0.2, 0.25) is 0 Å². The van der Waals surface area contributed by atoms with Gasteiger partial charge in [-0.15, -0.1) is 0 Å². The van der Waals surface area contributed by atoms with Crippen molar-refractivity contribution in [2.75, 3.05) is 16.8 Å². The lowest BCUT2D eigenvalue weighted by Crippen LogP contribution is -2.37. The van der Waals surface area contributed by atoms with Crippen molar-refractivity contribution >= 4 is 23.2 Å². The number of amides is 2. The molecule has 2 aromatic rings. The topological polar surface area (TPSA) is 75.2 Å². The fraction of sp³-hybridized carbons (Fsp3) is 0.294. The van der Waals surface area contributed by atoms with Gasteiger partial charge in [0.05, 0.1) is 29.1 Å². The quantitative estimate of drug-likeness (QED) is 0.924. The van der Waals surface area contributed by atoms with Crippen molar-refractivity contribution in [3.63, 3.8) is 0 Å². The van der Waals surface area contributed by atoms with Gasteiger partial charge in [0.1, 0.15) is 0 Å². The van der Waals surface area contributed by atoms with Crippen molar-refractivity contribution in [3.05, 3.63) is 48.0 Å². The van der Waals surface area contributed by atoms with E-state index in [9.17, 15) is 9.59 Å². The van der Waals surface area contributed by atoms with E-state index in [-0.39, 0.29) is 17.7 Å². The molecule has 0 aliphatic carbocycles. The van der Waals surface area contributed by atoms with Gasteiger partial charge in [-0.1, -0.05) is 6.92 Å². The third kappa shape index (κ3) is 2.79. The molecule has 0 aromatic carbocycles. The molecule has 1 aliphatic heterocycles. The highest BCUT2D eigenvalue weighted by molar-refractivity contribution is 6.11. The van der Waals surface area contributed by atoms with E-state index in [1.165, 1.54) is 0 Å². The largest absolute Gasteiger partial charge is 0.324 e. The van der Waals surface area contributed by atoms with Crippen LogP contribution >= 0.6 is 0 Å². The minimum absolute atomic E-state index is 0.0711. The maximum Gasteiger partial charge on any atom is 0.260 e. The van der Waals surface area contributed by atoms with Crippen molar-refractivity contribution in [2.24, 2.45) is 5.92 Å². The van der Waals surface area contributed by atoms with Crippen molar-refractivity contribution in [1.82, 2.24) is 9.97 Å². The van der Waals surface area contributed by atoms with E-state index < -0.39 is 0 Å². The van der Waals surface area contributed by atoms with E-state index >= 15 is 0 Å². The summed E-state index contributed by atoms with van der Waals surface area (Å²) < 4.78 is 0. The van der Waals surface area contributed by atoms with E-state index in [0.717, 1.165) is 5.56 Å². The molecule has 1 unspecified atom stereocenters. The summed E-state index contributed by atoms with van der Waals surface area (Å²) >= 11 is 0. The van der Waals surface area contributed by atoms with Crippen LogP contribution in [0.25, 0.3) is 0 Å². The van der Waals surface area contributed by atoms with Gasteiger partial charge in [-0.25, -0.2) is 0 Å². The Bertz CT molecular complexity index is 760. The summed E-state index contributed by atoms with van der Waals surface area (Å²) in [6.45, 7) is 4.14. The van der Waals surface area contributed by atoms with Gasteiger partial charge < -0.3 is 10.2 Å². The summed E-state index contributed by atoms with van der Waals surface area (Å²) in [5, 5.41) is 2.89. The van der Waals surface area contributed by atoms with Crippen molar-refractivity contribution in [1.29, 1.82) is 0 Å². The van der Waals surface area contributed by atoms with Gasteiger partial charge >= 0.3 is 0 Å². The molecular weight excluding hydrogens is 292 g/mol. The van der Waals surface area contributed by atoms with Gasteiger partial charge in [-0.3, -0.25) is 19.6 Å². The Hall–Kier alpha value is -2.76. The van der Waals surface area contributed by atoms with Gasteiger partial charge in [0.15, 0.2) is 0 Å². The lowest BCUT2D eigenvalue weighted by atomic mass is 10.0. The van der Waals surface area contributed by atoms with Gasteiger partial charge in [-0.05, 0) is 31.0 Å². The summed E-state index contributed by atoms with van der Waals surface area (Å²) in [7, 11) is 0. The molecule has 6 nitrogen and oxygen atoms in total. The Morgan fingerprint density at radius 3 is 2.78 bits per heavy atom. The van der Waals surface area contributed by atoms with Crippen LogP contribution in [0.5, 0.6) is 0 Å². The first-order valence-corrected chi connectivity index (χ1v) is 7.59. The number of nitrogens with zero attached hydrogens (tertiary/aromatic N) is 3. The predicted octanol–water partition coefficient (Wildman–Crippen LogP) is 2.41. The molecule has 3 heterocycles. The molecule has 0 radical (unpaired) electrons. The molecule has 0 saturated heterocycles. The molecule has 0 spiro atoms. The normalized spacial score (nSPS) is 17.2. The van der Waals surface area contributed by atoms with Crippen LogP contribution in [0.4, 0.5) is 11.4 Å². The molecule has 2 aromatic heterocycles. The third-order valence-electron chi connectivity index (χ3n) is 4.13. The minimum Gasteiger partial charge on any atom is -0.324 e. The first-order chi connectivity index (χ1) is 11.1. The highest BCUT2D eigenvalue weighted by atomic mass is 16.2. The Balaban J connectivity index is 2.07. The Labute approximate surface area is 134 Å². The first-order valence-electron chi connectivity index (χ1n) is 7.59. The molecule has 6 heteroatoms. The number of fused-ring (bicyclic) bond motifs is 1. The number of aryl methyl sites for hydroxylation is 1. The van der Waals surface area contributed by atoms with Crippen LogP contribution < -0.4 is 10.2 Å². The van der Waals surface area contributed by atoms with E-state index in [1.54, 1.807) is 41.8 Å². The van der Waals surface area contributed by atoms with Crippen LogP contribution in [0.1, 0.15) is 29.3 Å². The highest BCUT2D eigenvalue weighted by Gasteiger charge is 2.31. The van der Waals surface area contributed by atoms with Gasteiger partial charge in [0.2, 0.25) is 5.91 Å². The number of hydrogen-bond donors (Lipinski definition) is 1. The fourth-order valence-electron chi connectivity index (χ4n) is 2.68. The Morgan fingerprint density at radius 1 is 1.30 bits per heavy atom. The SMILES string of the molecule is CCC1CN(C(=O)c2cnccc2C)c2cnccc2NC1=O. The molecule has 3 rings (SSSR count). The minimum atomic E-state index is -0.261. The number of aromatic nitrogens is 2. The molecule has 1 aliphatic rings. The summed E-state index contributed by atoms with van der Waals surface area (Å²) in [4.78, 5) is 35.1. The molecule has 1 atom stereocenters. The number of carbonyl (C=O) groups excluding carboxylic acids is 2. The lowest BCUT2D eigenvalue weighted by molar-refractivity contribution is -0.119. The van der Waals surface area contributed by atoms with Crippen molar-refractivity contribution < 1.29 is 9.59 Å². The number of rotatable bonds is 2. The van der Waals surface area contributed by atoms with Crippen LogP contribution in [0, 0.1) is 12.8 Å². The molecule has 2 amide bonds. The Morgan fingerprint density at radius 2 is 2.04 bits per heavy atom. The lowest BCUT2D eigenvalue weighted by Gasteiger charge is -2.24. The number of anilines is 2. The van der Waals surface area contributed by atoms with Crippen LogP contribution in [0.3, 0.4) is 0 Å². The summed E-state index contributed by atoms with van der Waals surface area (Å²) in [5.74, 6) is -0.499. The van der Waals surface area contributed by atoms with Crippen LogP contribution in [-0.2, 0) is 4.79 Å². The molecule has 1 N–H and O–H groups in total. The second-order valence-electron chi connectivity index (χ2n) is 5.59. The van der Waals surface area contributed by atoms with Gasteiger partial charge in [0, 0.05) is 25.1 Å². The molecule has 0 saturated carbocycles. The molecule has 23 heavy (non-hydrogen) atoms. The number of pyridine rings is 2.